The molecule has 1 aliphatic rings. The highest BCUT2D eigenvalue weighted by Crippen LogP contribution is 2.20. The van der Waals surface area contributed by atoms with E-state index in [1.54, 1.807) is 6.20 Å². The normalized spacial score (nSPS) is 16.1. The van der Waals surface area contributed by atoms with Crippen LogP contribution in [0.3, 0.4) is 0 Å². The molecule has 1 aliphatic heterocycles. The van der Waals surface area contributed by atoms with Crippen molar-refractivity contribution in [2.24, 2.45) is 0 Å². The summed E-state index contributed by atoms with van der Waals surface area (Å²) < 4.78 is 10.7. The lowest BCUT2D eigenvalue weighted by atomic mass is 10.2. The van der Waals surface area contributed by atoms with Gasteiger partial charge in [-0.2, -0.15) is 4.98 Å². The van der Waals surface area contributed by atoms with Crippen LogP contribution in [-0.4, -0.2) is 41.4 Å². The first-order chi connectivity index (χ1) is 10.8. The summed E-state index contributed by atoms with van der Waals surface area (Å²) in [6.45, 7) is 7.31. The molecule has 0 spiro atoms. The zero-order chi connectivity index (χ0) is 15.4. The molecule has 0 N–H and O–H groups in total. The highest BCUT2D eigenvalue weighted by molar-refractivity contribution is 5.54. The lowest BCUT2D eigenvalue weighted by molar-refractivity contribution is 0.122. The topological polar surface area (TPSA) is 64.3 Å². The molecular formula is C16H20N4O2. The second-order valence-electron chi connectivity index (χ2n) is 5.33. The molecule has 2 aromatic rings. The maximum absolute atomic E-state index is 5.35. The van der Waals surface area contributed by atoms with E-state index < -0.39 is 0 Å². The van der Waals surface area contributed by atoms with Crippen LogP contribution in [0.5, 0.6) is 0 Å². The molecule has 0 aromatic carbocycles. The molecule has 1 saturated heterocycles. The average Bonchev–Trinajstić information content (AvgIpc) is 3.04. The van der Waals surface area contributed by atoms with Crippen LogP contribution in [0.15, 0.2) is 34.5 Å². The Hall–Kier alpha value is -2.21. The quantitative estimate of drug-likeness (QED) is 0.808. The van der Waals surface area contributed by atoms with E-state index in [2.05, 4.69) is 33.0 Å². The number of morpholine rings is 1. The lowest BCUT2D eigenvalue weighted by Crippen LogP contribution is -2.36. The van der Waals surface area contributed by atoms with Crippen molar-refractivity contribution in [3.05, 3.63) is 35.8 Å². The highest BCUT2D eigenvalue weighted by Gasteiger charge is 2.14. The molecule has 116 valence electrons. The van der Waals surface area contributed by atoms with E-state index in [0.717, 1.165) is 37.7 Å². The third-order valence-electron chi connectivity index (χ3n) is 3.73. The standard InChI is InChI=1S/C16H20N4O2/c1-3-12(2)10-14-18-16(22-19-14)13-4-5-15(17-11-13)20-6-8-21-9-7-20/h3-5,11H,6-10H2,1-2H3/b12-3+. The fraction of sp³-hybridized carbons (Fsp3) is 0.438. The Labute approximate surface area is 129 Å². The predicted molar refractivity (Wildman–Crippen MR) is 83.7 cm³/mol. The fourth-order valence-electron chi connectivity index (χ4n) is 2.29. The van der Waals surface area contributed by atoms with Gasteiger partial charge in [0.15, 0.2) is 5.82 Å². The minimum atomic E-state index is 0.514. The van der Waals surface area contributed by atoms with Gasteiger partial charge in [-0.3, -0.25) is 0 Å². The second kappa shape index (κ2) is 6.70. The molecule has 0 amide bonds. The molecule has 0 unspecified atom stereocenters. The van der Waals surface area contributed by atoms with Gasteiger partial charge in [0.25, 0.3) is 5.89 Å². The molecule has 0 saturated carbocycles. The summed E-state index contributed by atoms with van der Waals surface area (Å²) in [4.78, 5) is 11.1. The first-order valence-electron chi connectivity index (χ1n) is 7.50. The summed E-state index contributed by atoms with van der Waals surface area (Å²) in [6.07, 6.45) is 4.54. The maximum atomic E-state index is 5.35. The molecule has 3 rings (SSSR count). The Morgan fingerprint density at radius 1 is 1.32 bits per heavy atom. The Morgan fingerprint density at radius 2 is 2.14 bits per heavy atom. The molecule has 0 bridgehead atoms. The van der Waals surface area contributed by atoms with Crippen LogP contribution in [0, 0.1) is 0 Å². The average molecular weight is 300 g/mol. The number of aromatic nitrogens is 3. The van der Waals surface area contributed by atoms with Crippen molar-refractivity contribution in [3.63, 3.8) is 0 Å². The number of rotatable bonds is 4. The van der Waals surface area contributed by atoms with E-state index in [0.29, 0.717) is 18.1 Å². The summed E-state index contributed by atoms with van der Waals surface area (Å²) in [5.41, 5.74) is 2.06. The summed E-state index contributed by atoms with van der Waals surface area (Å²) in [7, 11) is 0. The summed E-state index contributed by atoms with van der Waals surface area (Å²) in [6, 6.07) is 3.96. The number of pyridine rings is 1. The van der Waals surface area contributed by atoms with E-state index in [1.165, 1.54) is 5.57 Å². The molecule has 6 heteroatoms. The van der Waals surface area contributed by atoms with Crippen molar-refractivity contribution < 1.29 is 9.26 Å². The Kier molecular flexibility index (Phi) is 4.48. The van der Waals surface area contributed by atoms with E-state index in [-0.39, 0.29) is 0 Å². The van der Waals surface area contributed by atoms with Gasteiger partial charge in [-0.15, -0.1) is 0 Å². The number of ether oxygens (including phenoxy) is 1. The first kappa shape index (κ1) is 14.7. The molecule has 1 fully saturated rings. The maximum Gasteiger partial charge on any atom is 0.259 e. The van der Waals surface area contributed by atoms with Crippen LogP contribution in [0.1, 0.15) is 19.7 Å². The van der Waals surface area contributed by atoms with E-state index in [1.807, 2.05) is 19.1 Å². The molecule has 0 radical (unpaired) electrons. The third kappa shape index (κ3) is 3.33. The third-order valence-corrected chi connectivity index (χ3v) is 3.73. The Morgan fingerprint density at radius 3 is 2.82 bits per heavy atom. The molecular weight excluding hydrogens is 280 g/mol. The van der Waals surface area contributed by atoms with Crippen LogP contribution in [0.2, 0.25) is 0 Å². The van der Waals surface area contributed by atoms with Crippen LogP contribution >= 0.6 is 0 Å². The smallest absolute Gasteiger partial charge is 0.259 e. The van der Waals surface area contributed by atoms with Crippen LogP contribution in [0.4, 0.5) is 5.82 Å². The van der Waals surface area contributed by atoms with Gasteiger partial charge in [0, 0.05) is 25.7 Å². The minimum absolute atomic E-state index is 0.514. The molecule has 6 nitrogen and oxygen atoms in total. The first-order valence-corrected chi connectivity index (χ1v) is 7.50. The number of nitrogens with zero attached hydrogens (tertiary/aromatic N) is 4. The zero-order valence-corrected chi connectivity index (χ0v) is 13.0. The van der Waals surface area contributed by atoms with Gasteiger partial charge in [0.05, 0.1) is 18.8 Å². The lowest BCUT2D eigenvalue weighted by Gasteiger charge is -2.27. The Bertz CT molecular complexity index is 642. The minimum Gasteiger partial charge on any atom is -0.378 e. The van der Waals surface area contributed by atoms with Gasteiger partial charge < -0.3 is 14.2 Å². The molecule has 2 aromatic heterocycles. The van der Waals surface area contributed by atoms with Gasteiger partial charge in [0.1, 0.15) is 5.82 Å². The largest absolute Gasteiger partial charge is 0.378 e. The van der Waals surface area contributed by atoms with Crippen LogP contribution < -0.4 is 4.90 Å². The van der Waals surface area contributed by atoms with Gasteiger partial charge >= 0.3 is 0 Å². The molecule has 3 heterocycles. The van der Waals surface area contributed by atoms with Crippen LogP contribution in [0.25, 0.3) is 11.5 Å². The fourth-order valence-corrected chi connectivity index (χ4v) is 2.29. The molecule has 22 heavy (non-hydrogen) atoms. The van der Waals surface area contributed by atoms with Crippen molar-refractivity contribution in [2.75, 3.05) is 31.2 Å². The monoisotopic (exact) mass is 300 g/mol. The Balaban J connectivity index is 1.72. The van der Waals surface area contributed by atoms with Crippen molar-refractivity contribution in [1.29, 1.82) is 0 Å². The van der Waals surface area contributed by atoms with Gasteiger partial charge in [-0.25, -0.2) is 4.98 Å². The van der Waals surface area contributed by atoms with Gasteiger partial charge in [-0.05, 0) is 26.0 Å². The highest BCUT2D eigenvalue weighted by atomic mass is 16.5. The SMILES string of the molecule is C/C=C(\C)Cc1noc(-c2ccc(N3CCOCC3)nc2)n1. The van der Waals surface area contributed by atoms with Crippen LogP contribution in [-0.2, 0) is 11.2 Å². The van der Waals surface area contributed by atoms with Crippen molar-refractivity contribution in [3.8, 4) is 11.5 Å². The molecule has 0 atom stereocenters. The van der Waals surface area contributed by atoms with E-state index >= 15 is 0 Å². The van der Waals surface area contributed by atoms with E-state index in [9.17, 15) is 0 Å². The summed E-state index contributed by atoms with van der Waals surface area (Å²) >= 11 is 0. The predicted octanol–water partition coefficient (Wildman–Crippen LogP) is 2.48. The summed E-state index contributed by atoms with van der Waals surface area (Å²) in [5.74, 6) is 2.17. The van der Waals surface area contributed by atoms with Crippen molar-refractivity contribution in [2.45, 2.75) is 20.3 Å². The number of hydrogen-bond acceptors (Lipinski definition) is 6. The van der Waals surface area contributed by atoms with Crippen molar-refractivity contribution >= 4 is 5.82 Å². The number of anilines is 1. The van der Waals surface area contributed by atoms with E-state index in [4.69, 9.17) is 9.26 Å². The zero-order valence-electron chi connectivity index (χ0n) is 13.0. The van der Waals surface area contributed by atoms with Gasteiger partial charge in [0.2, 0.25) is 0 Å². The number of hydrogen-bond donors (Lipinski definition) is 0. The number of allylic oxidation sites excluding steroid dienone is 2. The summed E-state index contributed by atoms with van der Waals surface area (Å²) in [5, 5.41) is 4.01. The van der Waals surface area contributed by atoms with Crippen molar-refractivity contribution in [1.82, 2.24) is 15.1 Å². The molecule has 0 aliphatic carbocycles. The van der Waals surface area contributed by atoms with Gasteiger partial charge in [-0.1, -0.05) is 16.8 Å². The second-order valence-corrected chi connectivity index (χ2v) is 5.33.